The predicted molar refractivity (Wildman–Crippen MR) is 123 cm³/mol. The molecule has 2 rings (SSSR count). The highest BCUT2D eigenvalue weighted by Crippen LogP contribution is 2.20. The largest absolute Gasteiger partial charge is 0.494 e. The number of hydrogen-bond acceptors (Lipinski definition) is 3. The van der Waals surface area contributed by atoms with Crippen molar-refractivity contribution >= 4 is 21.6 Å². The van der Waals surface area contributed by atoms with E-state index in [9.17, 15) is 0 Å². The highest BCUT2D eigenvalue weighted by Gasteiger charge is 2.20. The van der Waals surface area contributed by atoms with E-state index >= 15 is 0 Å². The zero-order valence-corrected chi connectivity index (χ0v) is 19.2. The molecule has 0 radical (unpaired) electrons. The smallest absolute Gasteiger partial charge is 0.142 e. The predicted octanol–water partition coefficient (Wildman–Crippen LogP) is 7.65. The second-order valence-electron chi connectivity index (χ2n) is 7.89. The number of nitrogens with zero attached hydrogens (tertiary/aromatic N) is 1. The van der Waals surface area contributed by atoms with Crippen LogP contribution in [0.2, 0.25) is 0 Å². The van der Waals surface area contributed by atoms with Gasteiger partial charge in [0.15, 0.2) is 0 Å². The van der Waals surface area contributed by atoms with Gasteiger partial charge in [-0.05, 0) is 36.2 Å². The Balaban J connectivity index is 1.44. The monoisotopic (exact) mass is 451 g/mol. The lowest BCUT2D eigenvalue weighted by atomic mass is 10.1. The standard InChI is InChI=1S/C24H38BrNO2/c1-2-3-4-5-6-7-8-9-10-11-12-13-18-27-22-16-14-21(15-17-22)24-19-23(20-25)28-26-24/h14-17,23H,2-13,18-20H2,1H3. The molecule has 0 saturated heterocycles. The summed E-state index contributed by atoms with van der Waals surface area (Å²) in [7, 11) is 0. The minimum atomic E-state index is 0.164. The molecular weight excluding hydrogens is 414 g/mol. The van der Waals surface area contributed by atoms with Crippen LogP contribution in [-0.4, -0.2) is 23.8 Å². The van der Waals surface area contributed by atoms with Crippen molar-refractivity contribution < 1.29 is 9.57 Å². The minimum absolute atomic E-state index is 0.164. The number of unbranched alkanes of at least 4 members (excludes halogenated alkanes) is 11. The van der Waals surface area contributed by atoms with Crippen LogP contribution in [0.5, 0.6) is 5.75 Å². The summed E-state index contributed by atoms with van der Waals surface area (Å²) in [5, 5.41) is 4.99. The van der Waals surface area contributed by atoms with E-state index in [1.165, 1.54) is 70.6 Å². The van der Waals surface area contributed by atoms with E-state index in [1.807, 2.05) is 12.1 Å². The molecule has 3 nitrogen and oxygen atoms in total. The van der Waals surface area contributed by atoms with Gasteiger partial charge in [0, 0.05) is 11.8 Å². The van der Waals surface area contributed by atoms with Gasteiger partial charge in [-0.15, -0.1) is 0 Å². The Morgan fingerprint density at radius 3 is 2.00 bits per heavy atom. The molecule has 158 valence electrons. The van der Waals surface area contributed by atoms with Crippen LogP contribution in [0, 0.1) is 0 Å². The lowest BCUT2D eigenvalue weighted by Crippen LogP contribution is -2.09. The molecule has 0 amide bonds. The Kier molecular flexibility index (Phi) is 12.4. The van der Waals surface area contributed by atoms with Crippen molar-refractivity contribution in [3.05, 3.63) is 29.8 Å². The average Bonchev–Trinajstić information content (AvgIpc) is 3.21. The van der Waals surface area contributed by atoms with E-state index in [4.69, 9.17) is 9.57 Å². The Labute approximate surface area is 180 Å². The summed E-state index contributed by atoms with van der Waals surface area (Å²) >= 11 is 3.44. The Bertz CT molecular complexity index is 544. The summed E-state index contributed by atoms with van der Waals surface area (Å²) in [6.45, 7) is 3.09. The van der Waals surface area contributed by atoms with Crippen molar-refractivity contribution in [1.29, 1.82) is 0 Å². The Hall–Kier alpha value is -1.03. The van der Waals surface area contributed by atoms with Crippen molar-refractivity contribution in [3.63, 3.8) is 0 Å². The number of alkyl halides is 1. The van der Waals surface area contributed by atoms with E-state index in [-0.39, 0.29) is 6.10 Å². The van der Waals surface area contributed by atoms with Crippen LogP contribution in [0.15, 0.2) is 29.4 Å². The molecule has 0 aromatic heterocycles. The summed E-state index contributed by atoms with van der Waals surface area (Å²) in [4.78, 5) is 5.36. The van der Waals surface area contributed by atoms with E-state index in [2.05, 4.69) is 40.1 Å². The second-order valence-corrected chi connectivity index (χ2v) is 8.53. The third-order valence-corrected chi connectivity index (χ3v) is 6.08. The number of hydrogen-bond donors (Lipinski definition) is 0. The number of ether oxygens (including phenoxy) is 1. The fraction of sp³-hybridized carbons (Fsp3) is 0.708. The van der Waals surface area contributed by atoms with Gasteiger partial charge in [0.1, 0.15) is 11.9 Å². The summed E-state index contributed by atoms with van der Waals surface area (Å²) in [6, 6.07) is 8.24. The van der Waals surface area contributed by atoms with Crippen molar-refractivity contribution in [2.45, 2.75) is 96.5 Å². The molecule has 0 bridgehead atoms. The molecule has 0 saturated carbocycles. The number of rotatable bonds is 16. The first-order valence-corrected chi connectivity index (χ1v) is 12.5. The maximum Gasteiger partial charge on any atom is 0.142 e. The molecule has 1 aromatic rings. The second kappa shape index (κ2) is 14.9. The molecular formula is C24H38BrNO2. The lowest BCUT2D eigenvalue weighted by Gasteiger charge is -2.07. The Morgan fingerprint density at radius 2 is 1.46 bits per heavy atom. The third kappa shape index (κ3) is 9.45. The van der Waals surface area contributed by atoms with Gasteiger partial charge >= 0.3 is 0 Å². The lowest BCUT2D eigenvalue weighted by molar-refractivity contribution is 0.104. The van der Waals surface area contributed by atoms with Gasteiger partial charge in [-0.1, -0.05) is 98.6 Å². The van der Waals surface area contributed by atoms with Crippen LogP contribution in [-0.2, 0) is 4.84 Å². The van der Waals surface area contributed by atoms with E-state index in [0.717, 1.165) is 41.8 Å². The van der Waals surface area contributed by atoms with Gasteiger partial charge in [0.05, 0.1) is 12.3 Å². The zero-order valence-electron chi connectivity index (χ0n) is 17.6. The first-order chi connectivity index (χ1) is 13.8. The number of oxime groups is 1. The van der Waals surface area contributed by atoms with Crippen molar-refractivity contribution in [1.82, 2.24) is 0 Å². The van der Waals surface area contributed by atoms with E-state index < -0.39 is 0 Å². The van der Waals surface area contributed by atoms with E-state index in [0.29, 0.717) is 0 Å². The van der Waals surface area contributed by atoms with Gasteiger partial charge in [-0.25, -0.2) is 0 Å². The average molecular weight is 452 g/mol. The SMILES string of the molecule is CCCCCCCCCCCCCCOc1ccc(C2=NOC(CBr)C2)cc1. The first-order valence-electron chi connectivity index (χ1n) is 11.4. The van der Waals surface area contributed by atoms with Crippen LogP contribution in [0.4, 0.5) is 0 Å². The topological polar surface area (TPSA) is 30.8 Å². The highest BCUT2D eigenvalue weighted by atomic mass is 79.9. The fourth-order valence-electron chi connectivity index (χ4n) is 3.56. The molecule has 1 aliphatic heterocycles. The molecule has 1 aliphatic rings. The zero-order chi connectivity index (χ0) is 19.9. The maximum atomic E-state index is 5.88. The maximum absolute atomic E-state index is 5.88. The minimum Gasteiger partial charge on any atom is -0.494 e. The molecule has 0 fully saturated rings. The number of halogens is 1. The Morgan fingerprint density at radius 1 is 0.893 bits per heavy atom. The summed E-state index contributed by atoms with van der Waals surface area (Å²) in [5.74, 6) is 0.948. The van der Waals surface area contributed by atoms with E-state index in [1.54, 1.807) is 0 Å². The van der Waals surface area contributed by atoms with Gasteiger partial charge in [0.2, 0.25) is 0 Å². The van der Waals surface area contributed by atoms with Crippen LogP contribution < -0.4 is 4.74 Å². The molecule has 1 atom stereocenters. The van der Waals surface area contributed by atoms with Gasteiger partial charge in [-0.3, -0.25) is 0 Å². The quantitative estimate of drug-likeness (QED) is 0.190. The molecule has 28 heavy (non-hydrogen) atoms. The van der Waals surface area contributed by atoms with Crippen LogP contribution >= 0.6 is 15.9 Å². The number of benzene rings is 1. The fourth-order valence-corrected chi connectivity index (χ4v) is 3.91. The van der Waals surface area contributed by atoms with Crippen molar-refractivity contribution in [3.8, 4) is 5.75 Å². The molecule has 1 heterocycles. The molecule has 4 heteroatoms. The molecule has 1 aromatic carbocycles. The van der Waals surface area contributed by atoms with Gasteiger partial charge < -0.3 is 9.57 Å². The highest BCUT2D eigenvalue weighted by molar-refractivity contribution is 9.09. The van der Waals surface area contributed by atoms with Gasteiger partial charge in [0.25, 0.3) is 0 Å². The van der Waals surface area contributed by atoms with Crippen LogP contribution in [0.3, 0.4) is 0 Å². The molecule has 0 aliphatic carbocycles. The third-order valence-electron chi connectivity index (χ3n) is 5.36. The molecule has 0 spiro atoms. The van der Waals surface area contributed by atoms with Crippen LogP contribution in [0.25, 0.3) is 0 Å². The summed E-state index contributed by atoms with van der Waals surface area (Å²) in [6.07, 6.45) is 17.5. The molecule has 0 N–H and O–H groups in total. The molecule has 1 unspecified atom stereocenters. The van der Waals surface area contributed by atoms with Crippen molar-refractivity contribution in [2.24, 2.45) is 5.16 Å². The summed E-state index contributed by atoms with van der Waals surface area (Å²) in [5.41, 5.74) is 2.15. The summed E-state index contributed by atoms with van der Waals surface area (Å²) < 4.78 is 5.88. The normalized spacial score (nSPS) is 16.1. The van der Waals surface area contributed by atoms with Crippen LogP contribution in [0.1, 0.15) is 96.0 Å². The first kappa shape index (κ1) is 23.3. The van der Waals surface area contributed by atoms with Gasteiger partial charge in [-0.2, -0.15) is 0 Å². The van der Waals surface area contributed by atoms with Crippen molar-refractivity contribution in [2.75, 3.05) is 11.9 Å².